The van der Waals surface area contributed by atoms with Crippen LogP contribution in [0.15, 0.2) is 36.5 Å². The van der Waals surface area contributed by atoms with E-state index in [4.69, 9.17) is 0 Å². The maximum absolute atomic E-state index is 2.45. The first-order chi connectivity index (χ1) is 9.77. The molecule has 1 atom stereocenters. The first-order valence-corrected chi connectivity index (χ1v) is 9.71. The molecule has 0 radical (unpaired) electrons. The second-order valence-corrected chi connectivity index (χ2v) is 7.78. The molecule has 0 amide bonds. The fourth-order valence-electron chi connectivity index (χ4n) is 2.23. The normalized spacial score (nSPS) is 18.1. The summed E-state index contributed by atoms with van der Waals surface area (Å²) < 4.78 is 4.77. The van der Waals surface area contributed by atoms with Crippen LogP contribution in [0.5, 0.6) is 0 Å². The standard InChI is InChI=1S/C16H24N2S2/c1-15-7-3-5-9-17(15)11-13-19-20-14-12-18-10-6-4-8-16(18)2/h3-7,9-10,16H,8,11-14H2,1-2H3/q+2. The topological polar surface area (TPSA) is 6.89 Å². The minimum absolute atomic E-state index is 0.660. The molecule has 0 saturated heterocycles. The Bertz CT molecular complexity index is 483. The van der Waals surface area contributed by atoms with Crippen molar-refractivity contribution in [3.63, 3.8) is 0 Å². The summed E-state index contributed by atoms with van der Waals surface area (Å²) in [6, 6.07) is 7.02. The number of rotatable bonds is 7. The van der Waals surface area contributed by atoms with E-state index < -0.39 is 0 Å². The lowest BCUT2D eigenvalue weighted by molar-refractivity contribution is -0.698. The van der Waals surface area contributed by atoms with Crippen LogP contribution in [0, 0.1) is 6.92 Å². The molecule has 1 unspecified atom stereocenters. The van der Waals surface area contributed by atoms with Gasteiger partial charge in [-0.15, -0.1) is 0 Å². The van der Waals surface area contributed by atoms with Gasteiger partial charge in [-0.1, -0.05) is 33.7 Å². The molecule has 108 valence electrons. The predicted molar refractivity (Wildman–Crippen MR) is 90.7 cm³/mol. The van der Waals surface area contributed by atoms with E-state index in [1.54, 1.807) is 0 Å². The second-order valence-electron chi connectivity index (χ2n) is 5.08. The molecule has 0 bridgehead atoms. The van der Waals surface area contributed by atoms with Gasteiger partial charge in [-0.25, -0.2) is 9.14 Å². The van der Waals surface area contributed by atoms with Gasteiger partial charge in [0.25, 0.3) is 0 Å². The van der Waals surface area contributed by atoms with Crippen LogP contribution in [0.1, 0.15) is 19.0 Å². The monoisotopic (exact) mass is 308 g/mol. The molecule has 0 N–H and O–H groups in total. The minimum Gasteiger partial charge on any atom is -0.232 e. The van der Waals surface area contributed by atoms with E-state index in [-0.39, 0.29) is 0 Å². The molecule has 1 aromatic rings. The highest BCUT2D eigenvalue weighted by atomic mass is 33.1. The van der Waals surface area contributed by atoms with Gasteiger partial charge in [0.1, 0.15) is 0 Å². The molecule has 0 aromatic carbocycles. The highest BCUT2D eigenvalue weighted by molar-refractivity contribution is 8.76. The highest BCUT2D eigenvalue weighted by Crippen LogP contribution is 2.20. The Hall–Kier alpha value is -0.740. The lowest BCUT2D eigenvalue weighted by Crippen LogP contribution is -2.37. The Morgan fingerprint density at radius 2 is 2.00 bits per heavy atom. The van der Waals surface area contributed by atoms with Gasteiger partial charge < -0.3 is 0 Å². The summed E-state index contributed by atoms with van der Waals surface area (Å²) in [4.78, 5) is 0. The molecule has 1 aromatic heterocycles. The second kappa shape index (κ2) is 8.53. The molecule has 0 aliphatic carbocycles. The summed E-state index contributed by atoms with van der Waals surface area (Å²) in [6.45, 7) is 6.71. The fraction of sp³-hybridized carbons (Fsp3) is 0.500. The van der Waals surface area contributed by atoms with Crippen molar-refractivity contribution in [2.24, 2.45) is 0 Å². The van der Waals surface area contributed by atoms with Crippen LogP contribution in [0.2, 0.25) is 0 Å². The van der Waals surface area contributed by atoms with Gasteiger partial charge in [-0.05, 0) is 13.0 Å². The van der Waals surface area contributed by atoms with Crippen molar-refractivity contribution in [3.8, 4) is 0 Å². The summed E-state index contributed by atoms with van der Waals surface area (Å²) in [5.74, 6) is 2.36. The maximum Gasteiger partial charge on any atom is 0.178 e. The zero-order chi connectivity index (χ0) is 14.2. The van der Waals surface area contributed by atoms with Crippen LogP contribution in [-0.2, 0) is 6.54 Å². The van der Waals surface area contributed by atoms with E-state index in [0.29, 0.717) is 6.04 Å². The number of pyridine rings is 1. The predicted octanol–water partition coefficient (Wildman–Crippen LogP) is 3.10. The smallest absolute Gasteiger partial charge is 0.178 e. The van der Waals surface area contributed by atoms with Crippen LogP contribution in [0.25, 0.3) is 0 Å². The molecule has 0 fully saturated rings. The number of hydrogen-bond acceptors (Lipinski definition) is 2. The van der Waals surface area contributed by atoms with Crippen LogP contribution >= 0.6 is 21.6 Å². The van der Waals surface area contributed by atoms with E-state index in [0.717, 1.165) is 13.1 Å². The van der Waals surface area contributed by atoms with E-state index >= 15 is 0 Å². The minimum atomic E-state index is 0.660. The zero-order valence-corrected chi connectivity index (χ0v) is 14.0. The van der Waals surface area contributed by atoms with Crippen LogP contribution < -0.4 is 4.57 Å². The van der Waals surface area contributed by atoms with Gasteiger partial charge in [0.2, 0.25) is 0 Å². The average Bonchev–Trinajstić information content (AvgIpc) is 2.46. The largest absolute Gasteiger partial charge is 0.232 e. The van der Waals surface area contributed by atoms with Gasteiger partial charge in [-0.3, -0.25) is 0 Å². The van der Waals surface area contributed by atoms with Crippen molar-refractivity contribution in [1.29, 1.82) is 0 Å². The summed E-state index contributed by atoms with van der Waals surface area (Å²) in [6.07, 6.45) is 9.99. The van der Waals surface area contributed by atoms with Gasteiger partial charge >= 0.3 is 0 Å². The Balaban J connectivity index is 1.59. The van der Waals surface area contributed by atoms with Crippen molar-refractivity contribution < 1.29 is 9.14 Å². The van der Waals surface area contributed by atoms with E-state index in [1.165, 1.54) is 23.6 Å². The molecular weight excluding hydrogens is 284 g/mol. The van der Waals surface area contributed by atoms with Crippen molar-refractivity contribution in [1.82, 2.24) is 0 Å². The molecule has 2 heterocycles. The molecule has 1 aliphatic rings. The summed E-state index contributed by atoms with van der Waals surface area (Å²) in [5.41, 5.74) is 1.33. The van der Waals surface area contributed by atoms with Crippen molar-refractivity contribution in [2.75, 3.05) is 18.1 Å². The molecule has 2 nitrogen and oxygen atoms in total. The number of aryl methyl sites for hydroxylation is 2. The van der Waals surface area contributed by atoms with Crippen LogP contribution in [0.4, 0.5) is 0 Å². The number of aromatic nitrogens is 1. The Morgan fingerprint density at radius 1 is 1.20 bits per heavy atom. The number of nitrogens with zero attached hydrogens (tertiary/aromatic N) is 2. The Morgan fingerprint density at radius 3 is 2.75 bits per heavy atom. The summed E-state index contributed by atoms with van der Waals surface area (Å²) in [5, 5.41) is 0. The molecule has 2 rings (SSSR count). The quantitative estimate of drug-likeness (QED) is 0.434. The van der Waals surface area contributed by atoms with Crippen LogP contribution in [-0.4, -0.2) is 34.9 Å². The van der Waals surface area contributed by atoms with Crippen molar-refractivity contribution >= 4 is 27.8 Å². The first kappa shape index (κ1) is 15.6. The highest BCUT2D eigenvalue weighted by Gasteiger charge is 2.15. The third-order valence-corrected chi connectivity index (χ3v) is 5.92. The molecule has 0 saturated carbocycles. The van der Waals surface area contributed by atoms with E-state index in [1.807, 2.05) is 21.6 Å². The average molecular weight is 309 g/mol. The van der Waals surface area contributed by atoms with E-state index in [9.17, 15) is 0 Å². The summed E-state index contributed by atoms with van der Waals surface area (Å²) in [7, 11) is 3.98. The van der Waals surface area contributed by atoms with E-state index in [2.05, 4.69) is 65.8 Å². The third kappa shape index (κ3) is 4.98. The molecular formula is C16H24N2S2+2. The van der Waals surface area contributed by atoms with Gasteiger partial charge in [0, 0.05) is 25.5 Å². The molecule has 0 spiro atoms. The first-order valence-electron chi connectivity index (χ1n) is 7.22. The third-order valence-electron chi connectivity index (χ3n) is 3.56. The Kier molecular flexibility index (Phi) is 6.67. The zero-order valence-electron chi connectivity index (χ0n) is 12.4. The number of hydrogen-bond donors (Lipinski definition) is 0. The lowest BCUT2D eigenvalue weighted by atomic mass is 10.2. The maximum atomic E-state index is 2.45. The fourth-order valence-corrected chi connectivity index (χ4v) is 4.18. The van der Waals surface area contributed by atoms with Crippen LogP contribution in [0.3, 0.4) is 0 Å². The lowest BCUT2D eigenvalue weighted by Gasteiger charge is -2.11. The Labute approximate surface area is 130 Å². The summed E-state index contributed by atoms with van der Waals surface area (Å²) >= 11 is 0. The van der Waals surface area contributed by atoms with Crippen molar-refractivity contribution in [2.45, 2.75) is 32.9 Å². The molecule has 20 heavy (non-hydrogen) atoms. The SMILES string of the molecule is Cc1cccc[n+]1CCSSCC[N+]1=CC=CCC1C. The molecule has 4 heteroatoms. The van der Waals surface area contributed by atoms with Crippen molar-refractivity contribution in [3.05, 3.63) is 42.2 Å². The van der Waals surface area contributed by atoms with Gasteiger partial charge in [0.15, 0.2) is 37.2 Å². The van der Waals surface area contributed by atoms with Gasteiger partial charge in [-0.2, -0.15) is 0 Å². The number of allylic oxidation sites excluding steroid dienone is 1. The van der Waals surface area contributed by atoms with Gasteiger partial charge in [0.05, 0.1) is 11.5 Å². The molecule has 1 aliphatic heterocycles.